The molecule has 3 N–H and O–H groups in total. The number of anilines is 2. The predicted molar refractivity (Wildman–Crippen MR) is 107 cm³/mol. The summed E-state index contributed by atoms with van der Waals surface area (Å²) in [4.78, 5) is 26.8. The van der Waals surface area contributed by atoms with Gasteiger partial charge in [-0.25, -0.2) is 13.9 Å². The molecule has 0 radical (unpaired) electrons. The highest BCUT2D eigenvalue weighted by atomic mass is 35.5. The summed E-state index contributed by atoms with van der Waals surface area (Å²) in [6.45, 7) is 1.18. The van der Waals surface area contributed by atoms with Crippen LogP contribution in [0.4, 0.5) is 20.7 Å². The fourth-order valence-electron chi connectivity index (χ4n) is 4.03. The lowest BCUT2D eigenvalue weighted by atomic mass is 9.83. The molecule has 0 saturated carbocycles. The number of carbonyl (C=O) groups is 2. The summed E-state index contributed by atoms with van der Waals surface area (Å²) < 4.78 is 27.0. The van der Waals surface area contributed by atoms with Gasteiger partial charge in [0.2, 0.25) is 0 Å². The maximum atomic E-state index is 15.0. The van der Waals surface area contributed by atoms with Crippen molar-refractivity contribution in [3.05, 3.63) is 40.3 Å². The molecule has 2 amide bonds. The molecule has 1 atom stereocenters. The maximum Gasteiger partial charge on any atom is 0.412 e. The van der Waals surface area contributed by atoms with Gasteiger partial charge in [-0.3, -0.25) is 10.1 Å². The van der Waals surface area contributed by atoms with Gasteiger partial charge in [-0.1, -0.05) is 11.6 Å². The van der Waals surface area contributed by atoms with Crippen LogP contribution < -0.4 is 11.1 Å². The number of hydrogen-bond acceptors (Lipinski definition) is 6. The van der Waals surface area contributed by atoms with Crippen molar-refractivity contribution in [1.29, 1.82) is 0 Å². The summed E-state index contributed by atoms with van der Waals surface area (Å²) in [5, 5.41) is 6.55. The quantitative estimate of drug-likeness (QED) is 0.760. The van der Waals surface area contributed by atoms with Crippen molar-refractivity contribution < 1.29 is 23.5 Å². The number of nitrogens with two attached hydrogens (primary N) is 1. The second kappa shape index (κ2) is 7.77. The van der Waals surface area contributed by atoms with Gasteiger partial charge >= 0.3 is 6.09 Å². The molecule has 3 heterocycles. The van der Waals surface area contributed by atoms with E-state index in [1.165, 1.54) is 27.9 Å². The minimum absolute atomic E-state index is 0.0216. The van der Waals surface area contributed by atoms with E-state index in [1.807, 2.05) is 0 Å². The summed E-state index contributed by atoms with van der Waals surface area (Å²) in [5.41, 5.74) is 5.42. The molecule has 1 spiro atoms. The molecule has 1 aromatic heterocycles. The number of likely N-dealkylation sites (tertiary alicyclic amines) is 1. The Kier molecular flexibility index (Phi) is 5.29. The zero-order valence-corrected chi connectivity index (χ0v) is 17.0. The topological polar surface area (TPSA) is 112 Å². The molecule has 2 aromatic rings. The van der Waals surface area contributed by atoms with Gasteiger partial charge in [0, 0.05) is 13.7 Å². The molecule has 0 bridgehead atoms. The van der Waals surface area contributed by atoms with Crippen LogP contribution in [-0.2, 0) is 21.6 Å². The first-order valence-corrected chi connectivity index (χ1v) is 9.82. The van der Waals surface area contributed by atoms with Gasteiger partial charge in [0.1, 0.15) is 11.4 Å². The normalized spacial score (nSPS) is 20.6. The molecule has 2 aliphatic heterocycles. The fourth-order valence-corrected chi connectivity index (χ4v) is 4.19. The van der Waals surface area contributed by atoms with Crippen LogP contribution in [0.3, 0.4) is 0 Å². The highest BCUT2D eigenvalue weighted by Crippen LogP contribution is 2.45. The van der Waals surface area contributed by atoms with Crippen LogP contribution >= 0.6 is 11.6 Å². The number of hydrogen-bond donors (Lipinski definition) is 2. The van der Waals surface area contributed by atoms with Gasteiger partial charge in [0.15, 0.2) is 11.4 Å². The van der Waals surface area contributed by atoms with E-state index in [-0.39, 0.29) is 40.1 Å². The zero-order chi connectivity index (χ0) is 21.5. The van der Waals surface area contributed by atoms with Crippen LogP contribution in [-0.4, -0.2) is 53.5 Å². The minimum atomic E-state index is -1.33. The average molecular weight is 438 g/mol. The van der Waals surface area contributed by atoms with E-state index in [1.54, 1.807) is 7.11 Å². The lowest BCUT2D eigenvalue weighted by molar-refractivity contribution is -0.0418. The van der Waals surface area contributed by atoms with Gasteiger partial charge in [0.05, 0.1) is 42.2 Å². The molecule has 0 unspecified atom stereocenters. The summed E-state index contributed by atoms with van der Waals surface area (Å²) in [5.74, 6) is -0.822. The van der Waals surface area contributed by atoms with Crippen LogP contribution in [0.2, 0.25) is 5.02 Å². The molecule has 160 valence electrons. The molecule has 9 nitrogen and oxygen atoms in total. The summed E-state index contributed by atoms with van der Waals surface area (Å²) in [6, 6.07) is 2.90. The largest absolute Gasteiger partial charge is 0.436 e. The molecular weight excluding hydrogens is 417 g/mol. The highest BCUT2D eigenvalue weighted by molar-refractivity contribution is 6.31. The van der Waals surface area contributed by atoms with Crippen molar-refractivity contribution in [2.45, 2.75) is 25.0 Å². The number of amides is 2. The molecule has 1 saturated heterocycles. The van der Waals surface area contributed by atoms with Crippen LogP contribution in [0.15, 0.2) is 18.3 Å². The Morgan fingerprint density at radius 1 is 1.50 bits per heavy atom. The number of rotatable bonds is 4. The Balaban J connectivity index is 1.66. The smallest absolute Gasteiger partial charge is 0.412 e. The molecule has 11 heteroatoms. The van der Waals surface area contributed by atoms with Gasteiger partial charge in [-0.05, 0) is 25.0 Å². The molecule has 30 heavy (non-hydrogen) atoms. The number of nitrogen functional groups attached to an aromatic ring is 1. The molecule has 2 aliphatic rings. The molecule has 1 aromatic carbocycles. The van der Waals surface area contributed by atoms with Gasteiger partial charge < -0.3 is 20.1 Å². The third-order valence-electron chi connectivity index (χ3n) is 5.44. The lowest BCUT2D eigenvalue weighted by Gasteiger charge is -2.45. The SMILES string of the molecule is COCCn1ncc(C(=O)N2CCC[C@@]3(C2)OC(=O)Nc2ccc(Cl)c(F)c23)c1N. The number of piperidine rings is 1. The standard InChI is InChI=1S/C19H21ClFN5O4/c1-29-8-7-26-16(22)11(9-23-26)17(27)25-6-2-5-19(10-25)14-13(24-18(28)30-19)4-3-12(20)15(14)21/h3-4,9H,2,5-8,10,22H2,1H3,(H,24,28)/t19-/m0/s1. The first-order valence-electron chi connectivity index (χ1n) is 9.44. The number of aromatic nitrogens is 2. The Bertz CT molecular complexity index is 1010. The second-order valence-electron chi connectivity index (χ2n) is 7.28. The van der Waals surface area contributed by atoms with E-state index in [4.69, 9.17) is 26.8 Å². The number of halogens is 2. The number of methoxy groups -OCH3 is 1. The van der Waals surface area contributed by atoms with Crippen molar-refractivity contribution in [3.8, 4) is 0 Å². The van der Waals surface area contributed by atoms with Gasteiger partial charge in [-0.15, -0.1) is 0 Å². The molecular formula is C19H21ClFN5O4. The predicted octanol–water partition coefficient (Wildman–Crippen LogP) is 2.60. The Morgan fingerprint density at radius 3 is 3.07 bits per heavy atom. The number of nitrogens with one attached hydrogen (secondary N) is 1. The van der Waals surface area contributed by atoms with Crippen molar-refractivity contribution in [2.24, 2.45) is 0 Å². The third kappa shape index (κ3) is 3.35. The van der Waals surface area contributed by atoms with Crippen LogP contribution in [0.5, 0.6) is 0 Å². The van der Waals surface area contributed by atoms with Gasteiger partial charge in [-0.2, -0.15) is 5.10 Å². The van der Waals surface area contributed by atoms with E-state index in [9.17, 15) is 14.0 Å². The monoisotopic (exact) mass is 437 g/mol. The number of fused-ring (bicyclic) bond motifs is 2. The van der Waals surface area contributed by atoms with Crippen molar-refractivity contribution in [1.82, 2.24) is 14.7 Å². The first-order chi connectivity index (χ1) is 14.4. The Morgan fingerprint density at radius 2 is 2.30 bits per heavy atom. The molecule has 0 aliphatic carbocycles. The van der Waals surface area contributed by atoms with E-state index < -0.39 is 17.5 Å². The van der Waals surface area contributed by atoms with E-state index >= 15 is 0 Å². The molecule has 4 rings (SSSR count). The second-order valence-corrected chi connectivity index (χ2v) is 7.69. The zero-order valence-electron chi connectivity index (χ0n) is 16.3. The first kappa shape index (κ1) is 20.4. The van der Waals surface area contributed by atoms with Crippen LogP contribution in [0.25, 0.3) is 0 Å². The lowest BCUT2D eigenvalue weighted by Crippen LogP contribution is -2.53. The van der Waals surface area contributed by atoms with E-state index in [0.29, 0.717) is 32.5 Å². The van der Waals surface area contributed by atoms with Crippen molar-refractivity contribution in [2.75, 3.05) is 37.9 Å². The van der Waals surface area contributed by atoms with Gasteiger partial charge in [0.25, 0.3) is 5.91 Å². The highest BCUT2D eigenvalue weighted by Gasteiger charge is 2.48. The summed E-state index contributed by atoms with van der Waals surface area (Å²) in [6.07, 6.45) is 1.55. The number of carbonyl (C=O) groups excluding carboxylic acids is 2. The number of nitrogens with zero attached hydrogens (tertiary/aromatic N) is 3. The van der Waals surface area contributed by atoms with E-state index in [0.717, 1.165) is 0 Å². The number of benzene rings is 1. The maximum absolute atomic E-state index is 15.0. The minimum Gasteiger partial charge on any atom is -0.436 e. The summed E-state index contributed by atoms with van der Waals surface area (Å²) in [7, 11) is 1.56. The molecule has 1 fully saturated rings. The van der Waals surface area contributed by atoms with Crippen LogP contribution in [0, 0.1) is 5.82 Å². The Hall–Kier alpha value is -2.85. The third-order valence-corrected chi connectivity index (χ3v) is 5.73. The fraction of sp³-hybridized carbons (Fsp3) is 0.421. The summed E-state index contributed by atoms with van der Waals surface area (Å²) >= 11 is 5.98. The van der Waals surface area contributed by atoms with E-state index in [2.05, 4.69) is 10.4 Å². The Labute approximate surface area is 176 Å². The van der Waals surface area contributed by atoms with Crippen molar-refractivity contribution in [3.63, 3.8) is 0 Å². The van der Waals surface area contributed by atoms with Crippen molar-refractivity contribution >= 4 is 35.1 Å². The van der Waals surface area contributed by atoms with Crippen LogP contribution in [0.1, 0.15) is 28.8 Å². The average Bonchev–Trinajstić information content (AvgIpc) is 3.08. The number of ether oxygens (including phenoxy) is 2.